The summed E-state index contributed by atoms with van der Waals surface area (Å²) in [5, 5.41) is 9.27. The molecule has 49 heavy (non-hydrogen) atoms. The fourth-order valence-corrected chi connectivity index (χ4v) is 7.19. The Morgan fingerprint density at radius 3 is 1.98 bits per heavy atom. The lowest BCUT2D eigenvalue weighted by atomic mass is 10.1. The number of hydrogen-bond acceptors (Lipinski definition) is 13. The lowest BCUT2D eigenvalue weighted by molar-refractivity contribution is -0.0347. The van der Waals surface area contributed by atoms with Crippen molar-refractivity contribution in [3.8, 4) is 11.5 Å². The zero-order valence-electron chi connectivity index (χ0n) is 27.7. The molecule has 0 amide bonds. The summed E-state index contributed by atoms with van der Waals surface area (Å²) in [7, 11) is 1.35. The van der Waals surface area contributed by atoms with E-state index < -0.39 is 11.9 Å². The molecule has 2 unspecified atom stereocenters. The number of nitrogens with zero attached hydrogens (tertiary/aromatic N) is 4. The molecular formula is C35H42N4O10. The van der Waals surface area contributed by atoms with E-state index in [9.17, 15) is 9.59 Å². The second kappa shape index (κ2) is 14.1. The number of benzene rings is 2. The molecule has 5 aliphatic rings. The molecule has 4 fully saturated rings. The highest BCUT2D eigenvalue weighted by Gasteiger charge is 2.39. The van der Waals surface area contributed by atoms with Gasteiger partial charge in [0.25, 0.3) is 0 Å². The highest BCUT2D eigenvalue weighted by molar-refractivity contribution is 5.98. The highest BCUT2D eigenvalue weighted by atomic mass is 16.7. The van der Waals surface area contributed by atoms with Gasteiger partial charge in [0.15, 0.2) is 0 Å². The monoisotopic (exact) mass is 678 g/mol. The van der Waals surface area contributed by atoms with Crippen LogP contribution in [0.25, 0.3) is 10.9 Å². The first-order chi connectivity index (χ1) is 24.0. The third-order valence-electron chi connectivity index (χ3n) is 9.91. The number of carbonyl (C=O) groups is 2. The van der Waals surface area contributed by atoms with Crippen LogP contribution in [-0.2, 0) is 35.1 Å². The van der Waals surface area contributed by atoms with Crippen LogP contribution in [0.5, 0.6) is 11.5 Å². The lowest BCUT2D eigenvalue weighted by Crippen LogP contribution is -2.48. The molecule has 0 spiro atoms. The molecule has 0 radical (unpaired) electrons. The Bertz CT molecular complexity index is 1670. The summed E-state index contributed by atoms with van der Waals surface area (Å²) >= 11 is 0. The van der Waals surface area contributed by atoms with Crippen molar-refractivity contribution in [2.24, 2.45) is 0 Å². The van der Waals surface area contributed by atoms with Crippen molar-refractivity contribution in [3.63, 3.8) is 0 Å². The summed E-state index contributed by atoms with van der Waals surface area (Å²) in [4.78, 5) is 33.7. The van der Waals surface area contributed by atoms with Gasteiger partial charge in [-0.15, -0.1) is 5.17 Å². The van der Waals surface area contributed by atoms with E-state index in [1.807, 2.05) is 22.0 Å². The first-order valence-corrected chi connectivity index (χ1v) is 17.3. The third-order valence-corrected chi connectivity index (χ3v) is 9.91. The van der Waals surface area contributed by atoms with Gasteiger partial charge in [-0.2, -0.15) is 10.1 Å². The van der Waals surface area contributed by atoms with Crippen molar-refractivity contribution >= 4 is 28.5 Å². The SMILES string of the molecule is COC(=O)c1cc2c(cc1OC1CCOC1)N(OC(=O)c1cc3cn(C4CCOCC4)nc3cc1OC1CCOC1)N(C1CCOCC1)C2. The minimum Gasteiger partial charge on any atom is -0.487 e. The topological polar surface area (TPSA) is 132 Å². The summed E-state index contributed by atoms with van der Waals surface area (Å²) in [5.74, 6) is -0.336. The molecule has 0 N–H and O–H groups in total. The molecule has 14 nitrogen and oxygen atoms in total. The van der Waals surface area contributed by atoms with Crippen LogP contribution in [0, 0.1) is 0 Å². The third kappa shape index (κ3) is 6.67. The maximum Gasteiger partial charge on any atom is 0.368 e. The van der Waals surface area contributed by atoms with Crippen LogP contribution in [0.4, 0.5) is 5.69 Å². The summed E-state index contributed by atoms with van der Waals surface area (Å²) in [6, 6.07) is 7.43. The standard InChI is InChI=1S/C35H42N4O10/c1-42-34(40)28-15-23-19-38(25-4-10-44-11-5-25)39(31(23)17-33(28)48-27-7-13-46-21-27)49-35(41)29-14-22-18-37(24-2-8-43-9-3-24)36-30(22)16-32(29)47-26-6-12-45-20-26/h14-18,24-27H,2-13,19-21H2,1H3. The van der Waals surface area contributed by atoms with Gasteiger partial charge in [0.05, 0.1) is 45.1 Å². The predicted molar refractivity (Wildman–Crippen MR) is 174 cm³/mol. The Labute approximate surface area is 283 Å². The van der Waals surface area contributed by atoms with Gasteiger partial charge in [0.2, 0.25) is 0 Å². The molecule has 6 heterocycles. The Morgan fingerprint density at radius 1 is 0.735 bits per heavy atom. The van der Waals surface area contributed by atoms with Crippen molar-refractivity contribution in [2.75, 3.05) is 65.1 Å². The number of carbonyl (C=O) groups excluding carboxylic acids is 2. The van der Waals surface area contributed by atoms with E-state index >= 15 is 0 Å². The fourth-order valence-electron chi connectivity index (χ4n) is 7.19. The van der Waals surface area contributed by atoms with Crippen molar-refractivity contribution in [3.05, 3.63) is 47.2 Å². The van der Waals surface area contributed by atoms with Gasteiger partial charge in [-0.3, -0.25) is 4.68 Å². The zero-order valence-corrected chi connectivity index (χ0v) is 27.7. The van der Waals surface area contributed by atoms with Crippen LogP contribution in [0.2, 0.25) is 0 Å². The molecule has 14 heteroatoms. The van der Waals surface area contributed by atoms with E-state index in [-0.39, 0.29) is 29.9 Å². The first-order valence-electron chi connectivity index (χ1n) is 17.3. The Hall–Kier alpha value is -3.95. The van der Waals surface area contributed by atoms with Crippen molar-refractivity contribution in [1.82, 2.24) is 14.8 Å². The summed E-state index contributed by atoms with van der Waals surface area (Å²) in [6.07, 6.45) is 6.25. The Kier molecular flexibility index (Phi) is 9.29. The largest absolute Gasteiger partial charge is 0.487 e. The van der Waals surface area contributed by atoms with Gasteiger partial charge in [-0.05, 0) is 43.4 Å². The van der Waals surface area contributed by atoms with E-state index in [2.05, 4.69) is 0 Å². The lowest BCUT2D eigenvalue weighted by Gasteiger charge is -2.36. The average molecular weight is 679 g/mol. The van der Waals surface area contributed by atoms with Gasteiger partial charge >= 0.3 is 11.9 Å². The van der Waals surface area contributed by atoms with Crippen LogP contribution < -0.4 is 14.6 Å². The number of ether oxygens (including phenoxy) is 7. The van der Waals surface area contributed by atoms with Crippen LogP contribution in [0.3, 0.4) is 0 Å². The molecule has 8 rings (SSSR count). The van der Waals surface area contributed by atoms with Crippen molar-refractivity contribution < 1.29 is 47.6 Å². The quantitative estimate of drug-likeness (QED) is 0.303. The Morgan fingerprint density at radius 2 is 1.35 bits per heavy atom. The number of methoxy groups -OCH3 is 1. The summed E-state index contributed by atoms with van der Waals surface area (Å²) in [5.41, 5.74) is 2.76. The van der Waals surface area contributed by atoms with Gasteiger partial charge < -0.3 is 38.0 Å². The van der Waals surface area contributed by atoms with Crippen molar-refractivity contribution in [1.29, 1.82) is 0 Å². The summed E-state index contributed by atoms with van der Waals surface area (Å²) in [6.45, 7) is 5.04. The molecule has 5 aliphatic heterocycles. The number of esters is 1. The maximum atomic E-state index is 14.4. The molecule has 2 aromatic carbocycles. The van der Waals surface area contributed by atoms with Crippen LogP contribution in [0.15, 0.2) is 30.5 Å². The second-order valence-corrected chi connectivity index (χ2v) is 13.1. The van der Waals surface area contributed by atoms with E-state index in [4.69, 9.17) is 43.1 Å². The molecule has 0 bridgehead atoms. The first kappa shape index (κ1) is 32.3. The van der Waals surface area contributed by atoms with E-state index in [0.29, 0.717) is 88.6 Å². The van der Waals surface area contributed by atoms with Gasteiger partial charge in [-0.25, -0.2) is 9.59 Å². The summed E-state index contributed by atoms with van der Waals surface area (Å²) < 4.78 is 42.1. The number of aromatic nitrogens is 2. The van der Waals surface area contributed by atoms with Gasteiger partial charge in [0.1, 0.15) is 40.5 Å². The number of hydrazine groups is 1. The van der Waals surface area contributed by atoms with Gasteiger partial charge in [-0.1, -0.05) is 0 Å². The number of rotatable bonds is 9. The predicted octanol–water partition coefficient (Wildman–Crippen LogP) is 4.00. The molecule has 0 aliphatic carbocycles. The van der Waals surface area contributed by atoms with E-state index in [1.54, 1.807) is 23.4 Å². The molecule has 3 aromatic rings. The molecule has 262 valence electrons. The fraction of sp³-hybridized carbons (Fsp3) is 0.571. The number of hydrogen-bond donors (Lipinski definition) is 0. The molecule has 0 saturated carbocycles. The van der Waals surface area contributed by atoms with E-state index in [0.717, 1.165) is 48.6 Å². The van der Waals surface area contributed by atoms with Crippen LogP contribution in [0.1, 0.15) is 70.8 Å². The molecule has 1 aromatic heterocycles. The minimum atomic E-state index is -0.580. The smallest absolute Gasteiger partial charge is 0.368 e. The average Bonchev–Trinajstić information content (AvgIpc) is 3.97. The highest BCUT2D eigenvalue weighted by Crippen LogP contribution is 2.41. The maximum absolute atomic E-state index is 14.4. The zero-order chi connectivity index (χ0) is 33.3. The minimum absolute atomic E-state index is 0.0367. The van der Waals surface area contributed by atoms with E-state index in [1.165, 1.54) is 7.11 Å². The number of fused-ring (bicyclic) bond motifs is 2. The molecule has 2 atom stereocenters. The van der Waals surface area contributed by atoms with Crippen LogP contribution >= 0.6 is 0 Å². The van der Waals surface area contributed by atoms with Gasteiger partial charge in [0, 0.05) is 75.6 Å². The Balaban J connectivity index is 1.15. The normalized spacial score (nSPS) is 23.6. The van der Waals surface area contributed by atoms with Crippen molar-refractivity contribution in [2.45, 2.75) is 69.4 Å². The molecular weight excluding hydrogens is 636 g/mol. The van der Waals surface area contributed by atoms with Crippen LogP contribution in [-0.4, -0.2) is 105 Å². The molecule has 4 saturated heterocycles. The second-order valence-electron chi connectivity index (χ2n) is 13.1. The number of anilines is 1.